The van der Waals surface area contributed by atoms with Crippen molar-refractivity contribution >= 4 is 39.5 Å². The number of hydrogen-bond acceptors (Lipinski definition) is 15. The van der Waals surface area contributed by atoms with Crippen molar-refractivity contribution in [1.29, 1.82) is 0 Å². The minimum Gasteiger partial charge on any atom is -0.462 e. The molecule has 96 heavy (non-hydrogen) atoms. The molecule has 0 amide bonds. The number of phosphoric ester groups is 2. The lowest BCUT2D eigenvalue weighted by atomic mass is 9.99. The molecular weight excluding hydrogens is 1260 g/mol. The van der Waals surface area contributed by atoms with Gasteiger partial charge < -0.3 is 33.8 Å². The van der Waals surface area contributed by atoms with Gasteiger partial charge in [-0.3, -0.25) is 37.3 Å². The van der Waals surface area contributed by atoms with Crippen molar-refractivity contribution < 1.29 is 80.2 Å². The van der Waals surface area contributed by atoms with Crippen LogP contribution in [0.1, 0.15) is 389 Å². The van der Waals surface area contributed by atoms with Crippen LogP contribution >= 0.6 is 15.6 Å². The van der Waals surface area contributed by atoms with Crippen molar-refractivity contribution in [1.82, 2.24) is 0 Å². The molecule has 570 valence electrons. The molecule has 0 aromatic rings. The highest BCUT2D eigenvalue weighted by atomic mass is 31.2. The summed E-state index contributed by atoms with van der Waals surface area (Å²) in [6.45, 7) is 14.2. The lowest BCUT2D eigenvalue weighted by Gasteiger charge is -2.21. The second kappa shape index (κ2) is 66.3. The molecule has 3 N–H and O–H groups in total. The van der Waals surface area contributed by atoms with Crippen LogP contribution in [0.5, 0.6) is 0 Å². The fraction of sp³-hybridized carbons (Fsp3) is 0.948. The molecule has 0 aromatic heterocycles. The largest absolute Gasteiger partial charge is 0.472 e. The first-order chi connectivity index (χ1) is 46.1. The Bertz CT molecular complexity index is 1890. The van der Waals surface area contributed by atoms with Gasteiger partial charge >= 0.3 is 39.5 Å². The summed E-state index contributed by atoms with van der Waals surface area (Å²) in [5.41, 5.74) is 0. The molecule has 0 aliphatic heterocycles. The smallest absolute Gasteiger partial charge is 0.462 e. The van der Waals surface area contributed by atoms with E-state index in [0.29, 0.717) is 31.6 Å². The summed E-state index contributed by atoms with van der Waals surface area (Å²) in [4.78, 5) is 72.8. The Morgan fingerprint density at radius 1 is 0.292 bits per heavy atom. The van der Waals surface area contributed by atoms with E-state index < -0.39 is 97.5 Å². The maximum absolute atomic E-state index is 13.1. The predicted molar refractivity (Wildman–Crippen MR) is 391 cm³/mol. The van der Waals surface area contributed by atoms with Crippen LogP contribution in [0.25, 0.3) is 0 Å². The molecule has 0 aromatic carbocycles. The van der Waals surface area contributed by atoms with E-state index in [-0.39, 0.29) is 25.7 Å². The summed E-state index contributed by atoms with van der Waals surface area (Å²) >= 11 is 0. The second-order valence-corrected chi connectivity index (χ2v) is 32.3. The number of aliphatic hydroxyl groups is 1. The van der Waals surface area contributed by atoms with E-state index in [0.717, 1.165) is 114 Å². The second-order valence-electron chi connectivity index (χ2n) is 29.4. The van der Waals surface area contributed by atoms with Gasteiger partial charge in [0, 0.05) is 25.7 Å². The van der Waals surface area contributed by atoms with Gasteiger partial charge in [0.1, 0.15) is 19.3 Å². The standard InChI is InChI=1S/C77H150O17P2/c1-9-70(8)56-48-40-32-23-19-15-11-13-17-21-25-34-43-51-59-76(81)93-72(63-87-74(79)57-49-41-33-24-20-16-12-10-14-18-22-29-37-45-53-67(2)3)65-91-95(83,84)89-61-71(78)62-90-96(85,86)92-66-73(64-88-75(80)58-50-42-36-28-31-39-47-55-69(6)7)94-77(82)60-52-44-35-27-26-30-38-46-54-68(4)5/h67-73,78H,9-66H2,1-8H3,(H,83,84)(H,85,86)/t70?,71?,72-,73-/m1/s1. The van der Waals surface area contributed by atoms with Gasteiger partial charge in [-0.2, -0.15) is 0 Å². The monoisotopic (exact) mass is 1410 g/mol. The maximum atomic E-state index is 13.1. The third kappa shape index (κ3) is 69.2. The molecule has 0 saturated heterocycles. The molecule has 6 atom stereocenters. The summed E-state index contributed by atoms with van der Waals surface area (Å²) in [6.07, 6.45) is 51.4. The number of carbonyl (C=O) groups excluding carboxylic acids is 4. The molecule has 0 aliphatic carbocycles. The number of hydrogen-bond donors (Lipinski definition) is 3. The van der Waals surface area contributed by atoms with E-state index in [4.69, 9.17) is 37.0 Å². The number of phosphoric acid groups is 2. The topological polar surface area (TPSA) is 237 Å². The Morgan fingerprint density at radius 3 is 0.740 bits per heavy atom. The number of rotatable bonds is 74. The molecular formula is C77H150O17P2. The zero-order chi connectivity index (χ0) is 71.0. The quantitative estimate of drug-likeness (QED) is 0.0222. The van der Waals surface area contributed by atoms with Crippen LogP contribution in [0, 0.1) is 23.7 Å². The van der Waals surface area contributed by atoms with E-state index in [1.165, 1.54) is 186 Å². The van der Waals surface area contributed by atoms with Crippen molar-refractivity contribution in [3.63, 3.8) is 0 Å². The molecule has 0 bridgehead atoms. The van der Waals surface area contributed by atoms with Gasteiger partial charge in [-0.25, -0.2) is 9.13 Å². The number of aliphatic hydroxyl groups excluding tert-OH is 1. The normalized spacial score (nSPS) is 14.4. The average Bonchev–Trinajstić information content (AvgIpc) is 1.94. The van der Waals surface area contributed by atoms with Gasteiger partial charge in [0.25, 0.3) is 0 Å². The first kappa shape index (κ1) is 94.1. The molecule has 0 fully saturated rings. The van der Waals surface area contributed by atoms with Gasteiger partial charge in [0.15, 0.2) is 12.2 Å². The van der Waals surface area contributed by atoms with Crippen LogP contribution in [0.15, 0.2) is 0 Å². The van der Waals surface area contributed by atoms with Crippen molar-refractivity contribution in [2.45, 2.75) is 408 Å². The summed E-state index contributed by atoms with van der Waals surface area (Å²) in [5.74, 6) is 0.947. The van der Waals surface area contributed by atoms with E-state index in [9.17, 15) is 43.2 Å². The fourth-order valence-corrected chi connectivity index (χ4v) is 13.3. The lowest BCUT2D eigenvalue weighted by molar-refractivity contribution is -0.161. The zero-order valence-corrected chi connectivity index (χ0v) is 64.8. The Morgan fingerprint density at radius 2 is 0.500 bits per heavy atom. The zero-order valence-electron chi connectivity index (χ0n) is 63.0. The average molecular weight is 1410 g/mol. The molecule has 4 unspecified atom stereocenters. The lowest BCUT2D eigenvalue weighted by Crippen LogP contribution is -2.30. The predicted octanol–water partition coefficient (Wildman–Crippen LogP) is 22.4. The first-order valence-corrected chi connectivity index (χ1v) is 42.7. The van der Waals surface area contributed by atoms with Crippen molar-refractivity contribution in [2.75, 3.05) is 39.6 Å². The number of unbranched alkanes of at least 4 members (excludes halogenated alkanes) is 39. The Kier molecular flexibility index (Phi) is 65.0. The van der Waals surface area contributed by atoms with Crippen molar-refractivity contribution in [3.05, 3.63) is 0 Å². The molecule has 0 aliphatic rings. The third-order valence-corrected chi connectivity index (χ3v) is 20.1. The summed E-state index contributed by atoms with van der Waals surface area (Å²) in [5, 5.41) is 10.6. The van der Waals surface area contributed by atoms with Crippen LogP contribution < -0.4 is 0 Å². The fourth-order valence-electron chi connectivity index (χ4n) is 11.7. The highest BCUT2D eigenvalue weighted by molar-refractivity contribution is 7.47. The van der Waals surface area contributed by atoms with Crippen LogP contribution in [0.2, 0.25) is 0 Å². The molecule has 0 spiro atoms. The van der Waals surface area contributed by atoms with Crippen molar-refractivity contribution in [2.24, 2.45) is 23.7 Å². The van der Waals surface area contributed by atoms with Gasteiger partial charge in [-0.1, -0.05) is 338 Å². The van der Waals surface area contributed by atoms with Crippen LogP contribution in [0.4, 0.5) is 0 Å². The molecule has 0 rings (SSSR count). The van der Waals surface area contributed by atoms with Crippen molar-refractivity contribution in [3.8, 4) is 0 Å². The van der Waals surface area contributed by atoms with E-state index >= 15 is 0 Å². The SMILES string of the molecule is CCC(C)CCCCCCCCCCCCCCCCC(=O)O[C@H](COC(=O)CCCCCCCCCCCCCCCCC(C)C)COP(=O)(O)OCC(O)COP(=O)(O)OC[C@@H](COC(=O)CCCCCCCCCC(C)C)OC(=O)CCCCCCCCCCC(C)C. The highest BCUT2D eigenvalue weighted by Gasteiger charge is 2.30. The molecule has 19 heteroatoms. The van der Waals surface area contributed by atoms with Gasteiger partial charge in [-0.05, 0) is 49.4 Å². The molecule has 17 nitrogen and oxygen atoms in total. The van der Waals surface area contributed by atoms with E-state index in [2.05, 4.69) is 55.4 Å². The van der Waals surface area contributed by atoms with Crippen LogP contribution in [-0.2, 0) is 65.4 Å². The van der Waals surface area contributed by atoms with Gasteiger partial charge in [0.05, 0.1) is 26.4 Å². The number of carbonyl (C=O) groups is 4. The van der Waals surface area contributed by atoms with Gasteiger partial charge in [-0.15, -0.1) is 0 Å². The molecule has 0 radical (unpaired) electrons. The van der Waals surface area contributed by atoms with Gasteiger partial charge in [0.2, 0.25) is 0 Å². The Labute approximate surface area is 588 Å². The summed E-state index contributed by atoms with van der Waals surface area (Å²) in [6, 6.07) is 0. The molecule has 0 saturated carbocycles. The minimum atomic E-state index is -4.96. The number of ether oxygens (including phenoxy) is 4. The summed E-state index contributed by atoms with van der Waals surface area (Å²) in [7, 11) is -9.91. The Balaban J connectivity index is 5.24. The summed E-state index contributed by atoms with van der Waals surface area (Å²) < 4.78 is 68.5. The van der Waals surface area contributed by atoms with E-state index in [1.807, 2.05) is 0 Å². The minimum absolute atomic E-state index is 0.103. The third-order valence-electron chi connectivity index (χ3n) is 18.2. The highest BCUT2D eigenvalue weighted by Crippen LogP contribution is 2.45. The van der Waals surface area contributed by atoms with E-state index in [1.54, 1.807) is 0 Å². The Hall–Kier alpha value is -1.94. The van der Waals surface area contributed by atoms with Crippen LogP contribution in [-0.4, -0.2) is 96.7 Å². The van der Waals surface area contributed by atoms with Crippen LogP contribution in [0.3, 0.4) is 0 Å². The first-order valence-electron chi connectivity index (χ1n) is 39.7. The number of esters is 4. The maximum Gasteiger partial charge on any atom is 0.472 e. The molecule has 0 heterocycles.